The molecule has 0 aromatic heterocycles. The number of hydrogen-bond donors (Lipinski definition) is 1. The maximum atomic E-state index is 12.6. The van der Waals surface area contributed by atoms with E-state index in [0.717, 1.165) is 12.1 Å². The second-order valence-electron chi connectivity index (χ2n) is 3.54. The summed E-state index contributed by atoms with van der Waals surface area (Å²) in [6.45, 7) is 1.75. The highest BCUT2D eigenvalue weighted by molar-refractivity contribution is 7.91. The summed E-state index contributed by atoms with van der Waals surface area (Å²) in [5.74, 6) is -0.447. The van der Waals surface area contributed by atoms with E-state index in [1.807, 2.05) is 0 Å². The van der Waals surface area contributed by atoms with E-state index in [-0.39, 0.29) is 16.7 Å². The van der Waals surface area contributed by atoms with Gasteiger partial charge in [-0.05, 0) is 37.6 Å². The summed E-state index contributed by atoms with van der Waals surface area (Å²) in [5, 5.41) is 0. The van der Waals surface area contributed by atoms with Crippen LogP contribution in [0, 0.1) is 5.82 Å². The number of halogens is 1. The highest BCUT2D eigenvalue weighted by Crippen LogP contribution is 2.13. The maximum absolute atomic E-state index is 12.6. The van der Waals surface area contributed by atoms with Crippen LogP contribution in [0.15, 0.2) is 29.2 Å². The van der Waals surface area contributed by atoms with Crippen molar-refractivity contribution in [2.24, 2.45) is 5.73 Å². The first-order valence-electron chi connectivity index (χ1n) is 4.66. The van der Waals surface area contributed by atoms with E-state index in [4.69, 9.17) is 5.73 Å². The van der Waals surface area contributed by atoms with Gasteiger partial charge in [0.2, 0.25) is 0 Å². The molecule has 1 aromatic carbocycles. The van der Waals surface area contributed by atoms with Gasteiger partial charge in [-0.1, -0.05) is 0 Å². The first-order valence-corrected chi connectivity index (χ1v) is 6.31. The Morgan fingerprint density at radius 2 is 1.87 bits per heavy atom. The minimum Gasteiger partial charge on any atom is -0.328 e. The fraction of sp³-hybridized carbons (Fsp3) is 0.400. The lowest BCUT2D eigenvalue weighted by atomic mass is 10.3. The molecule has 3 nitrogen and oxygen atoms in total. The molecule has 0 saturated heterocycles. The number of benzene rings is 1. The van der Waals surface area contributed by atoms with Gasteiger partial charge >= 0.3 is 0 Å². The van der Waals surface area contributed by atoms with Gasteiger partial charge in [-0.3, -0.25) is 0 Å². The summed E-state index contributed by atoms with van der Waals surface area (Å²) in [7, 11) is -3.32. The van der Waals surface area contributed by atoms with Crippen LogP contribution in [-0.4, -0.2) is 20.2 Å². The zero-order chi connectivity index (χ0) is 11.5. The molecule has 84 valence electrons. The monoisotopic (exact) mass is 231 g/mol. The number of rotatable bonds is 4. The number of sulfone groups is 1. The third-order valence-electron chi connectivity index (χ3n) is 2.01. The van der Waals surface area contributed by atoms with E-state index >= 15 is 0 Å². The van der Waals surface area contributed by atoms with E-state index in [2.05, 4.69) is 0 Å². The second-order valence-corrected chi connectivity index (χ2v) is 5.65. The van der Waals surface area contributed by atoms with Gasteiger partial charge in [0.25, 0.3) is 0 Å². The smallest absolute Gasteiger partial charge is 0.178 e. The average molecular weight is 231 g/mol. The van der Waals surface area contributed by atoms with Crippen molar-refractivity contribution >= 4 is 9.84 Å². The molecule has 2 N–H and O–H groups in total. The third kappa shape index (κ3) is 3.60. The molecule has 0 saturated carbocycles. The molecule has 0 radical (unpaired) electrons. The van der Waals surface area contributed by atoms with Crippen molar-refractivity contribution in [2.75, 3.05) is 5.75 Å². The van der Waals surface area contributed by atoms with Crippen molar-refractivity contribution in [1.29, 1.82) is 0 Å². The third-order valence-corrected chi connectivity index (χ3v) is 3.78. The zero-order valence-electron chi connectivity index (χ0n) is 8.48. The molecule has 0 heterocycles. The first kappa shape index (κ1) is 12.1. The van der Waals surface area contributed by atoms with Crippen LogP contribution in [0.4, 0.5) is 4.39 Å². The molecular formula is C10H14FNO2S. The Morgan fingerprint density at radius 3 is 2.33 bits per heavy atom. The van der Waals surface area contributed by atoms with Crippen molar-refractivity contribution in [3.8, 4) is 0 Å². The minimum absolute atomic E-state index is 0.00367. The van der Waals surface area contributed by atoms with Crippen LogP contribution < -0.4 is 5.73 Å². The van der Waals surface area contributed by atoms with Gasteiger partial charge in [0, 0.05) is 6.04 Å². The summed E-state index contributed by atoms with van der Waals surface area (Å²) >= 11 is 0. The lowest BCUT2D eigenvalue weighted by Gasteiger charge is -2.06. The van der Waals surface area contributed by atoms with Gasteiger partial charge in [-0.25, -0.2) is 12.8 Å². The predicted octanol–water partition coefficient (Wildman–Crippen LogP) is 1.34. The Labute approximate surface area is 89.0 Å². The van der Waals surface area contributed by atoms with Crippen molar-refractivity contribution in [2.45, 2.75) is 24.3 Å². The summed E-state index contributed by atoms with van der Waals surface area (Å²) < 4.78 is 35.9. The van der Waals surface area contributed by atoms with E-state index in [1.165, 1.54) is 12.1 Å². The van der Waals surface area contributed by atoms with Gasteiger partial charge in [0.05, 0.1) is 10.6 Å². The molecule has 1 unspecified atom stereocenters. The molecule has 0 spiro atoms. The molecule has 5 heteroatoms. The zero-order valence-corrected chi connectivity index (χ0v) is 9.30. The number of hydrogen-bond acceptors (Lipinski definition) is 3. The lowest BCUT2D eigenvalue weighted by molar-refractivity contribution is 0.586. The SMILES string of the molecule is CC(N)CCS(=O)(=O)c1ccc(F)cc1. The lowest BCUT2D eigenvalue weighted by Crippen LogP contribution is -2.20. The van der Waals surface area contributed by atoms with Gasteiger partial charge < -0.3 is 5.73 Å². The summed E-state index contributed by atoms with van der Waals surface area (Å²) in [6.07, 6.45) is 0.402. The van der Waals surface area contributed by atoms with Crippen molar-refractivity contribution in [1.82, 2.24) is 0 Å². The molecule has 0 aliphatic rings. The molecular weight excluding hydrogens is 217 g/mol. The Balaban J connectivity index is 2.82. The molecule has 0 fully saturated rings. The molecule has 1 atom stereocenters. The van der Waals surface area contributed by atoms with E-state index in [1.54, 1.807) is 6.92 Å². The summed E-state index contributed by atoms with van der Waals surface area (Å²) in [4.78, 5) is 0.143. The van der Waals surface area contributed by atoms with Crippen molar-refractivity contribution in [3.63, 3.8) is 0 Å². The Bertz CT molecular complexity index is 412. The fourth-order valence-corrected chi connectivity index (χ4v) is 2.57. The van der Waals surface area contributed by atoms with Crippen molar-refractivity contribution < 1.29 is 12.8 Å². The summed E-state index contributed by atoms with van der Waals surface area (Å²) in [5.41, 5.74) is 5.48. The molecule has 1 aromatic rings. The fourth-order valence-electron chi connectivity index (χ4n) is 1.10. The summed E-state index contributed by atoms with van der Waals surface area (Å²) in [6, 6.07) is 4.66. The molecule has 0 aliphatic carbocycles. The largest absolute Gasteiger partial charge is 0.328 e. The van der Waals surface area contributed by atoms with E-state index < -0.39 is 15.7 Å². The molecule has 0 bridgehead atoms. The van der Waals surface area contributed by atoms with Gasteiger partial charge in [-0.2, -0.15) is 0 Å². The van der Waals surface area contributed by atoms with Crippen LogP contribution in [0.25, 0.3) is 0 Å². The van der Waals surface area contributed by atoms with Crippen LogP contribution in [0.2, 0.25) is 0 Å². The van der Waals surface area contributed by atoms with Gasteiger partial charge in [-0.15, -0.1) is 0 Å². The Hall–Kier alpha value is -0.940. The molecule has 1 rings (SSSR count). The predicted molar refractivity (Wildman–Crippen MR) is 56.7 cm³/mol. The van der Waals surface area contributed by atoms with Gasteiger partial charge in [0.15, 0.2) is 9.84 Å². The topological polar surface area (TPSA) is 60.2 Å². The minimum atomic E-state index is -3.32. The maximum Gasteiger partial charge on any atom is 0.178 e. The van der Waals surface area contributed by atoms with Crippen LogP contribution in [0.1, 0.15) is 13.3 Å². The second kappa shape index (κ2) is 4.72. The highest BCUT2D eigenvalue weighted by Gasteiger charge is 2.14. The van der Waals surface area contributed by atoms with Crippen LogP contribution >= 0.6 is 0 Å². The van der Waals surface area contributed by atoms with E-state index in [0.29, 0.717) is 6.42 Å². The van der Waals surface area contributed by atoms with Crippen LogP contribution in [0.3, 0.4) is 0 Å². The number of nitrogens with two attached hydrogens (primary N) is 1. The van der Waals surface area contributed by atoms with Gasteiger partial charge in [0.1, 0.15) is 5.82 Å². The standard InChI is InChI=1S/C10H14FNO2S/c1-8(12)6-7-15(13,14)10-4-2-9(11)3-5-10/h2-5,8H,6-7,12H2,1H3. The quantitative estimate of drug-likeness (QED) is 0.795. The molecule has 0 aliphatic heterocycles. The first-order chi connectivity index (χ1) is 6.92. The molecule has 15 heavy (non-hydrogen) atoms. The van der Waals surface area contributed by atoms with Crippen LogP contribution in [0.5, 0.6) is 0 Å². The Kier molecular flexibility index (Phi) is 3.82. The van der Waals surface area contributed by atoms with E-state index in [9.17, 15) is 12.8 Å². The average Bonchev–Trinajstić information content (AvgIpc) is 2.16. The molecule has 0 amide bonds. The van der Waals surface area contributed by atoms with Crippen LogP contribution in [-0.2, 0) is 9.84 Å². The Morgan fingerprint density at radius 1 is 1.33 bits per heavy atom. The highest BCUT2D eigenvalue weighted by atomic mass is 32.2. The van der Waals surface area contributed by atoms with Crippen molar-refractivity contribution in [3.05, 3.63) is 30.1 Å². The normalized spacial score (nSPS) is 13.8.